The van der Waals surface area contributed by atoms with E-state index in [0.717, 1.165) is 80.9 Å². The van der Waals surface area contributed by atoms with Crippen LogP contribution < -0.4 is 0 Å². The van der Waals surface area contributed by atoms with E-state index in [4.69, 9.17) is 26.2 Å². The monoisotopic (exact) mass is 712 g/mol. The lowest BCUT2D eigenvalue weighted by molar-refractivity contribution is 0.669. The molecule has 11 aromatic rings. The summed E-state index contributed by atoms with van der Waals surface area (Å²) in [5.74, 6) is 1.52. The molecule has 0 unspecified atom stereocenters. The van der Waals surface area contributed by atoms with Crippen LogP contribution >= 0.6 is 11.3 Å². The number of nitrogens with zero attached hydrogens (tertiary/aromatic N) is 3. The highest BCUT2D eigenvalue weighted by Crippen LogP contribution is 2.43. The van der Waals surface area contributed by atoms with E-state index in [1.165, 1.54) is 11.3 Å². The Labute approximate surface area is 321 Å². The quantitative estimate of drug-likeness (QED) is 0.178. The first-order valence-electron chi connectivity index (χ1n) is 20.1. The van der Waals surface area contributed by atoms with Gasteiger partial charge in [-0.25, -0.2) is 15.0 Å². The van der Waals surface area contributed by atoms with Gasteiger partial charge in [-0.15, -0.1) is 11.3 Å². The van der Waals surface area contributed by atoms with E-state index < -0.39 is 0 Å². The van der Waals surface area contributed by atoms with Gasteiger partial charge < -0.3 is 4.42 Å². The van der Waals surface area contributed by atoms with Crippen LogP contribution in [-0.2, 0) is 0 Å². The Morgan fingerprint density at radius 3 is 1.91 bits per heavy atom. The SMILES string of the molecule is [2H]c1cc2c(ccc3c2sc2cc([2H])c([2H])c(-c4ccc(-c5nc(-c6ccccc6)nc(-c6ccc7c(c6)oc6cccc(-c8ccccc8)c67)n5)cc4)c23)c([2H])c1[2H]. The van der Waals surface area contributed by atoms with Crippen LogP contribution in [0.25, 0.3) is 109 Å². The number of benzene rings is 8. The van der Waals surface area contributed by atoms with Crippen LogP contribution in [0.3, 0.4) is 0 Å². The molecule has 0 amide bonds. The second-order valence-corrected chi connectivity index (χ2v) is 14.2. The minimum Gasteiger partial charge on any atom is -0.456 e. The van der Waals surface area contributed by atoms with Gasteiger partial charge in [0.05, 0.1) is 6.85 Å². The zero-order valence-corrected chi connectivity index (χ0v) is 29.3. The van der Waals surface area contributed by atoms with Crippen LogP contribution in [0, 0.1) is 0 Å². The van der Waals surface area contributed by atoms with E-state index in [0.29, 0.717) is 28.4 Å². The second-order valence-electron chi connectivity index (χ2n) is 13.2. The predicted molar refractivity (Wildman–Crippen MR) is 225 cm³/mol. The van der Waals surface area contributed by atoms with Crippen molar-refractivity contribution in [3.05, 3.63) is 176 Å². The zero-order chi connectivity index (χ0) is 39.9. The minimum absolute atomic E-state index is 0.00459. The van der Waals surface area contributed by atoms with Gasteiger partial charge in [0.2, 0.25) is 0 Å². The van der Waals surface area contributed by atoms with Gasteiger partial charge in [-0.2, -0.15) is 0 Å². The number of hydrogen-bond donors (Lipinski definition) is 0. The number of rotatable bonds is 5. The molecule has 0 N–H and O–H groups in total. The van der Waals surface area contributed by atoms with Gasteiger partial charge in [0, 0.05) is 47.6 Å². The fourth-order valence-electron chi connectivity index (χ4n) is 7.44. The zero-order valence-electron chi connectivity index (χ0n) is 33.5. The van der Waals surface area contributed by atoms with E-state index in [1.54, 1.807) is 12.1 Å². The molecule has 0 saturated carbocycles. The maximum Gasteiger partial charge on any atom is 0.164 e. The maximum atomic E-state index is 9.09. The van der Waals surface area contributed by atoms with Crippen LogP contribution in [0.5, 0.6) is 0 Å². The van der Waals surface area contributed by atoms with E-state index in [2.05, 4.69) is 24.3 Å². The summed E-state index contributed by atoms with van der Waals surface area (Å²) in [6.07, 6.45) is 0. The standard InChI is InChI=1S/C49H29N3OS/c1-3-11-30(12-4-1)36-17-9-19-41-44(36)39-27-26-35(29-42(39)53-41)49-51-47(33-14-5-2-6-15-33)50-48(52-49)34-23-21-32(22-24-34)37-18-10-20-43-45(37)40-28-25-31-13-7-8-16-38(31)46(40)54-43/h1-29H/i7D,8D,10D,13D,18D. The van der Waals surface area contributed by atoms with Gasteiger partial charge in [0.1, 0.15) is 11.2 Å². The van der Waals surface area contributed by atoms with E-state index in [-0.39, 0.29) is 30.2 Å². The number of hydrogen-bond acceptors (Lipinski definition) is 5. The normalized spacial score (nSPS) is 13.0. The van der Waals surface area contributed by atoms with Gasteiger partial charge in [0.25, 0.3) is 0 Å². The van der Waals surface area contributed by atoms with Crippen molar-refractivity contribution in [3.63, 3.8) is 0 Å². The molecule has 0 aliphatic rings. The van der Waals surface area contributed by atoms with Crippen molar-refractivity contribution in [2.24, 2.45) is 0 Å². The molecule has 0 saturated heterocycles. The van der Waals surface area contributed by atoms with Gasteiger partial charge in [-0.1, -0.05) is 152 Å². The summed E-state index contributed by atoms with van der Waals surface area (Å²) in [6, 6.07) is 47.4. The summed E-state index contributed by atoms with van der Waals surface area (Å²) < 4.78 is 51.0. The largest absolute Gasteiger partial charge is 0.456 e. The third-order valence-electron chi connectivity index (χ3n) is 10.00. The number of thiophene rings is 1. The van der Waals surface area contributed by atoms with Crippen molar-refractivity contribution >= 4 is 64.2 Å². The molecule has 3 aromatic heterocycles. The van der Waals surface area contributed by atoms with Crippen LogP contribution in [0.1, 0.15) is 6.85 Å². The Morgan fingerprint density at radius 2 is 1.11 bits per heavy atom. The lowest BCUT2D eigenvalue weighted by Gasteiger charge is -2.10. The molecule has 3 heterocycles. The molecule has 8 aromatic carbocycles. The number of aromatic nitrogens is 3. The van der Waals surface area contributed by atoms with Crippen molar-refractivity contribution in [1.82, 2.24) is 15.0 Å². The first-order valence-corrected chi connectivity index (χ1v) is 18.4. The fraction of sp³-hybridized carbons (Fsp3) is 0. The van der Waals surface area contributed by atoms with E-state index >= 15 is 0 Å². The lowest BCUT2D eigenvalue weighted by atomic mass is 9.97. The Bertz CT molecular complexity index is 3500. The minimum atomic E-state index is -0.105. The summed E-state index contributed by atoms with van der Waals surface area (Å²) >= 11 is 1.48. The summed E-state index contributed by atoms with van der Waals surface area (Å²) in [4.78, 5) is 14.9. The average Bonchev–Trinajstić information content (AvgIpc) is 3.84. The van der Waals surface area contributed by atoms with Gasteiger partial charge >= 0.3 is 0 Å². The molecule has 0 bridgehead atoms. The topological polar surface area (TPSA) is 51.8 Å². The number of furan rings is 1. The second kappa shape index (κ2) is 12.3. The van der Waals surface area contributed by atoms with Gasteiger partial charge in [-0.3, -0.25) is 0 Å². The van der Waals surface area contributed by atoms with Crippen LogP contribution in [-0.4, -0.2) is 15.0 Å². The Balaban J connectivity index is 1.04. The molecular formula is C49H29N3OS. The molecule has 0 aliphatic carbocycles. The molecule has 0 radical (unpaired) electrons. The molecule has 0 atom stereocenters. The summed E-state index contributed by atoms with van der Waals surface area (Å²) in [6.45, 7) is 0. The molecular weight excluding hydrogens is 679 g/mol. The molecule has 0 aliphatic heterocycles. The predicted octanol–water partition coefficient (Wildman–Crippen LogP) is 13.6. The Morgan fingerprint density at radius 1 is 0.444 bits per heavy atom. The fourth-order valence-corrected chi connectivity index (χ4v) is 8.65. The highest BCUT2D eigenvalue weighted by atomic mass is 32.1. The lowest BCUT2D eigenvalue weighted by Crippen LogP contribution is -2.00. The van der Waals surface area contributed by atoms with Crippen LogP contribution in [0.2, 0.25) is 0 Å². The van der Waals surface area contributed by atoms with E-state index in [9.17, 15) is 0 Å². The highest BCUT2D eigenvalue weighted by Gasteiger charge is 2.18. The van der Waals surface area contributed by atoms with Gasteiger partial charge in [-0.05, 0) is 57.3 Å². The molecule has 4 nitrogen and oxygen atoms in total. The van der Waals surface area contributed by atoms with Crippen molar-refractivity contribution < 1.29 is 11.3 Å². The van der Waals surface area contributed by atoms with Crippen LogP contribution in [0.4, 0.5) is 0 Å². The van der Waals surface area contributed by atoms with E-state index in [1.807, 2.05) is 109 Å². The highest BCUT2D eigenvalue weighted by molar-refractivity contribution is 7.26. The molecule has 5 heteroatoms. The molecule has 252 valence electrons. The molecule has 0 fully saturated rings. The first kappa shape index (κ1) is 25.9. The number of fused-ring (bicyclic) bond motifs is 8. The summed E-state index contributed by atoms with van der Waals surface area (Å²) in [7, 11) is 0. The van der Waals surface area contributed by atoms with Crippen molar-refractivity contribution in [1.29, 1.82) is 0 Å². The van der Waals surface area contributed by atoms with Gasteiger partial charge in [0.15, 0.2) is 17.5 Å². The van der Waals surface area contributed by atoms with Crippen molar-refractivity contribution in [2.45, 2.75) is 0 Å². The molecule has 0 spiro atoms. The molecule has 54 heavy (non-hydrogen) atoms. The summed E-state index contributed by atoms with van der Waals surface area (Å²) in [5.41, 5.74) is 7.57. The van der Waals surface area contributed by atoms with Crippen molar-refractivity contribution in [2.75, 3.05) is 0 Å². The average molecular weight is 713 g/mol. The smallest absolute Gasteiger partial charge is 0.164 e. The Hall–Kier alpha value is -6.95. The van der Waals surface area contributed by atoms with Crippen LogP contribution in [0.15, 0.2) is 180 Å². The van der Waals surface area contributed by atoms with Crippen molar-refractivity contribution in [3.8, 4) is 56.4 Å². The molecule has 11 rings (SSSR count). The maximum absolute atomic E-state index is 9.09. The summed E-state index contributed by atoms with van der Waals surface area (Å²) in [5, 5.41) is 5.13. The third-order valence-corrected chi connectivity index (χ3v) is 11.2. The Kier molecular flexibility index (Phi) is 5.92. The third kappa shape index (κ3) is 5.01. The first-order chi connectivity index (χ1) is 28.8.